The quantitative estimate of drug-likeness (QED) is 0.437. The lowest BCUT2D eigenvalue weighted by molar-refractivity contribution is -0.148. The third-order valence-corrected chi connectivity index (χ3v) is 7.42. The van der Waals surface area contributed by atoms with Gasteiger partial charge in [-0.1, -0.05) is 0 Å². The van der Waals surface area contributed by atoms with Crippen LogP contribution in [0.2, 0.25) is 0 Å². The maximum atomic E-state index is 12.2. The number of anilines is 3. The molecule has 3 aromatic rings. The Balaban J connectivity index is 0.000000190. The minimum absolute atomic E-state index is 0.0534. The van der Waals surface area contributed by atoms with Gasteiger partial charge in [-0.3, -0.25) is 24.4 Å². The number of carbonyl (C=O) groups excluding carboxylic acids is 2. The Kier molecular flexibility index (Phi) is 7.20. The van der Waals surface area contributed by atoms with Crippen molar-refractivity contribution in [1.29, 1.82) is 0 Å². The van der Waals surface area contributed by atoms with E-state index < -0.39 is 12.1 Å². The average Bonchev–Trinajstić information content (AvgIpc) is 3.25. The van der Waals surface area contributed by atoms with Crippen molar-refractivity contribution in [1.82, 2.24) is 14.9 Å². The van der Waals surface area contributed by atoms with Crippen molar-refractivity contribution in [3.63, 3.8) is 0 Å². The number of fused-ring (bicyclic) bond motifs is 2. The lowest BCUT2D eigenvalue weighted by Crippen LogP contribution is -2.53. The smallest absolute Gasteiger partial charge is 0.414 e. The number of nitrogens with zero attached hydrogens (tertiary/aromatic N) is 4. The van der Waals surface area contributed by atoms with Crippen molar-refractivity contribution >= 4 is 57.8 Å². The summed E-state index contributed by atoms with van der Waals surface area (Å²) < 4.78 is 10.4. The number of likely N-dealkylation sites (tertiary alicyclic amines) is 1. The molecule has 2 saturated heterocycles. The van der Waals surface area contributed by atoms with Crippen molar-refractivity contribution in [3.8, 4) is 5.88 Å². The average molecular weight is 539 g/mol. The molecule has 3 aliphatic heterocycles. The molecule has 0 bridgehead atoms. The normalized spacial score (nSPS) is 19.1. The molecule has 0 unspecified atom stereocenters. The van der Waals surface area contributed by atoms with Crippen LogP contribution < -0.4 is 20.7 Å². The first-order valence-electron chi connectivity index (χ1n) is 11.9. The fraction of sp³-hybridized carbons (Fsp3) is 0.320. The van der Waals surface area contributed by atoms with Gasteiger partial charge >= 0.3 is 12.1 Å². The second-order valence-corrected chi connectivity index (χ2v) is 10.0. The summed E-state index contributed by atoms with van der Waals surface area (Å²) in [4.78, 5) is 47.3. The van der Waals surface area contributed by atoms with Crippen LogP contribution >= 0.6 is 11.8 Å². The number of carboxylic acid groups (broad SMARTS) is 1. The number of nitrogen functional groups attached to an aromatic ring is 1. The predicted molar refractivity (Wildman–Crippen MR) is 141 cm³/mol. The summed E-state index contributed by atoms with van der Waals surface area (Å²) >= 11 is 1.47. The number of nitrogens with two attached hydrogens (primary N) is 1. The van der Waals surface area contributed by atoms with Crippen molar-refractivity contribution < 1.29 is 29.0 Å². The Hall–Kier alpha value is -4.10. The predicted octanol–water partition coefficient (Wildman–Crippen LogP) is 2.29. The van der Waals surface area contributed by atoms with E-state index in [4.69, 9.17) is 20.3 Å². The van der Waals surface area contributed by atoms with Crippen LogP contribution in [0.15, 0.2) is 47.5 Å². The third kappa shape index (κ3) is 5.43. The van der Waals surface area contributed by atoms with Gasteiger partial charge in [-0.15, -0.1) is 11.8 Å². The van der Waals surface area contributed by atoms with Gasteiger partial charge < -0.3 is 25.6 Å². The fourth-order valence-corrected chi connectivity index (χ4v) is 5.16. The first-order valence-corrected chi connectivity index (χ1v) is 12.8. The highest BCUT2D eigenvalue weighted by atomic mass is 32.2. The summed E-state index contributed by atoms with van der Waals surface area (Å²) in [5, 5.41) is 11.7. The summed E-state index contributed by atoms with van der Waals surface area (Å²) in [5.74, 6) is -0.215. The molecular weight excluding hydrogens is 512 g/mol. The number of nitrogens with one attached hydrogen (secondary N) is 1. The van der Waals surface area contributed by atoms with E-state index in [1.807, 2.05) is 23.1 Å². The largest absolute Gasteiger partial charge is 0.481 e. The lowest BCUT2D eigenvalue weighted by atomic mass is 10.0. The molecule has 13 heteroatoms. The Morgan fingerprint density at radius 3 is 2.82 bits per heavy atom. The first-order chi connectivity index (χ1) is 18.3. The topological polar surface area (TPSA) is 160 Å². The third-order valence-electron chi connectivity index (χ3n) is 6.35. The van der Waals surface area contributed by atoms with Gasteiger partial charge in [-0.25, -0.2) is 9.78 Å². The highest BCUT2D eigenvalue weighted by Crippen LogP contribution is 2.35. The molecule has 4 N–H and O–H groups in total. The lowest BCUT2D eigenvalue weighted by Gasteiger charge is -2.37. The van der Waals surface area contributed by atoms with Crippen LogP contribution in [0.1, 0.15) is 0 Å². The molecule has 3 aliphatic rings. The monoisotopic (exact) mass is 538 g/mol. The van der Waals surface area contributed by atoms with Gasteiger partial charge in [-0.2, -0.15) is 0 Å². The van der Waals surface area contributed by atoms with E-state index in [9.17, 15) is 14.4 Å². The SMILES string of the molecule is COc1ccc2nccc(N)c2n1.O=C1CSc2ccc(N3C[C@@H](CN4CC(C(=O)O)C4)OC3=O)cc2N1. The number of thioether (sulfide) groups is 1. The van der Waals surface area contributed by atoms with Crippen LogP contribution in [-0.4, -0.2) is 83.1 Å². The number of cyclic esters (lactones) is 1. The van der Waals surface area contributed by atoms with Crippen molar-refractivity contribution in [2.45, 2.75) is 11.0 Å². The molecule has 12 nitrogen and oxygen atoms in total. The van der Waals surface area contributed by atoms with E-state index in [-0.39, 0.29) is 17.9 Å². The highest BCUT2D eigenvalue weighted by Gasteiger charge is 2.38. The molecule has 2 aromatic heterocycles. The van der Waals surface area contributed by atoms with E-state index in [0.29, 0.717) is 60.4 Å². The number of benzene rings is 1. The Bertz CT molecular complexity index is 1400. The van der Waals surface area contributed by atoms with Crippen molar-refractivity contribution in [2.75, 3.05) is 55.0 Å². The van der Waals surface area contributed by atoms with Crippen LogP contribution in [0, 0.1) is 5.92 Å². The standard InChI is InChI=1S/C16H17N3O5S.C9H9N3O/c20-14-8-25-13-2-1-10(3-12(13)17-14)19-7-11(24-16(19)23)6-18-4-9(5-18)15(21)22;1-13-8-3-2-7-9(12-8)6(10)4-5-11-7/h1-3,9,11H,4-8H2,(H,17,20)(H,21,22);2-5H,1H3,(H2,10,11)/t11-;/m1./s1. The van der Waals surface area contributed by atoms with Gasteiger partial charge in [0, 0.05) is 42.5 Å². The van der Waals surface area contributed by atoms with E-state index in [2.05, 4.69) is 15.3 Å². The summed E-state index contributed by atoms with van der Waals surface area (Å²) in [6.45, 7) is 1.92. The van der Waals surface area contributed by atoms with Crippen LogP contribution in [0.5, 0.6) is 5.88 Å². The molecule has 0 radical (unpaired) electrons. The van der Waals surface area contributed by atoms with E-state index in [1.54, 1.807) is 36.4 Å². The van der Waals surface area contributed by atoms with Crippen molar-refractivity contribution in [2.24, 2.45) is 5.92 Å². The molecular formula is C25H26N6O6S. The molecule has 2 fully saturated rings. The van der Waals surface area contributed by atoms with Gasteiger partial charge in [0.05, 0.1) is 42.2 Å². The van der Waals surface area contributed by atoms with Crippen LogP contribution in [0.4, 0.5) is 21.9 Å². The van der Waals surface area contributed by atoms with Gasteiger partial charge in [0.15, 0.2) is 0 Å². The van der Waals surface area contributed by atoms with Crippen LogP contribution in [0.3, 0.4) is 0 Å². The number of hydrogen-bond acceptors (Lipinski definition) is 10. The minimum atomic E-state index is -0.782. The van der Waals surface area contributed by atoms with E-state index >= 15 is 0 Å². The molecule has 0 spiro atoms. The zero-order valence-electron chi connectivity index (χ0n) is 20.5. The summed E-state index contributed by atoms with van der Waals surface area (Å²) in [6.07, 6.45) is 0.948. The zero-order valence-corrected chi connectivity index (χ0v) is 21.3. The number of ether oxygens (including phenoxy) is 2. The Morgan fingerprint density at radius 2 is 2.05 bits per heavy atom. The summed E-state index contributed by atoms with van der Waals surface area (Å²) in [7, 11) is 1.57. The van der Waals surface area contributed by atoms with Gasteiger partial charge in [0.2, 0.25) is 11.8 Å². The second kappa shape index (κ2) is 10.7. The molecule has 5 heterocycles. The molecule has 0 aliphatic carbocycles. The fourth-order valence-electron chi connectivity index (χ4n) is 4.37. The number of hydrogen-bond donors (Lipinski definition) is 3. The number of amides is 2. The number of pyridine rings is 2. The second-order valence-electron chi connectivity index (χ2n) is 9.01. The maximum Gasteiger partial charge on any atom is 0.414 e. The molecule has 1 aromatic carbocycles. The van der Waals surface area contributed by atoms with Gasteiger partial charge in [-0.05, 0) is 30.3 Å². The minimum Gasteiger partial charge on any atom is -0.481 e. The van der Waals surface area contributed by atoms with Gasteiger partial charge in [0.1, 0.15) is 11.6 Å². The van der Waals surface area contributed by atoms with Crippen molar-refractivity contribution in [3.05, 3.63) is 42.6 Å². The number of methoxy groups -OCH3 is 1. The molecule has 38 heavy (non-hydrogen) atoms. The maximum absolute atomic E-state index is 12.2. The molecule has 2 amide bonds. The van der Waals surface area contributed by atoms with Gasteiger partial charge in [0.25, 0.3) is 0 Å². The number of carbonyl (C=O) groups is 3. The van der Waals surface area contributed by atoms with Crippen LogP contribution in [-0.2, 0) is 14.3 Å². The number of aliphatic carboxylic acids is 1. The zero-order chi connectivity index (χ0) is 26.8. The molecule has 1 atom stereocenters. The summed E-state index contributed by atoms with van der Waals surface area (Å²) in [5.41, 5.74) is 9.19. The number of aromatic nitrogens is 2. The summed E-state index contributed by atoms with van der Waals surface area (Å²) in [6, 6.07) is 10.8. The molecule has 6 rings (SSSR count). The van der Waals surface area contributed by atoms with E-state index in [0.717, 1.165) is 10.4 Å². The number of rotatable bonds is 5. The Labute approximate surface area is 222 Å². The molecule has 0 saturated carbocycles. The first kappa shape index (κ1) is 25.5. The molecule has 198 valence electrons. The number of carboxylic acids is 1. The highest BCUT2D eigenvalue weighted by molar-refractivity contribution is 8.00. The van der Waals surface area contributed by atoms with Crippen LogP contribution in [0.25, 0.3) is 11.0 Å². The van der Waals surface area contributed by atoms with E-state index in [1.165, 1.54) is 11.8 Å². The Morgan fingerprint density at radius 1 is 1.24 bits per heavy atom.